The third kappa shape index (κ3) is 4.50. The average Bonchev–Trinajstić information content (AvgIpc) is 2.67. The van der Waals surface area contributed by atoms with Crippen LogP contribution in [0.2, 0.25) is 0 Å². The van der Waals surface area contributed by atoms with Gasteiger partial charge in [-0.25, -0.2) is 0 Å². The lowest BCUT2D eigenvalue weighted by Crippen LogP contribution is -2.48. The van der Waals surface area contributed by atoms with Gasteiger partial charge in [-0.05, 0) is 48.1 Å². The molecule has 0 N–H and O–H groups in total. The summed E-state index contributed by atoms with van der Waals surface area (Å²) in [5, 5.41) is 0. The topological polar surface area (TPSA) is 36.4 Å². The van der Waals surface area contributed by atoms with Gasteiger partial charge < -0.3 is 4.90 Å². The zero-order chi connectivity index (χ0) is 18.5. The Morgan fingerprint density at radius 1 is 1.12 bits per heavy atom. The Hall–Kier alpha value is -2.20. The summed E-state index contributed by atoms with van der Waals surface area (Å²) in [6.45, 7) is 10.8. The molecular formula is C22H29N3O. The Kier molecular flexibility index (Phi) is 6.04. The van der Waals surface area contributed by atoms with E-state index in [0.717, 1.165) is 44.7 Å². The molecule has 1 aliphatic rings. The summed E-state index contributed by atoms with van der Waals surface area (Å²) in [5.41, 5.74) is 4.54. The highest BCUT2D eigenvalue weighted by Gasteiger charge is 2.22. The molecule has 0 saturated carbocycles. The van der Waals surface area contributed by atoms with Crippen molar-refractivity contribution >= 4 is 5.91 Å². The fourth-order valence-electron chi connectivity index (χ4n) is 3.44. The predicted molar refractivity (Wildman–Crippen MR) is 105 cm³/mol. The van der Waals surface area contributed by atoms with E-state index in [0.29, 0.717) is 5.92 Å². The Morgan fingerprint density at radius 2 is 1.81 bits per heavy atom. The molecule has 138 valence electrons. The molecular weight excluding hydrogens is 322 g/mol. The van der Waals surface area contributed by atoms with Crippen LogP contribution in [-0.2, 0) is 6.54 Å². The first-order valence-corrected chi connectivity index (χ1v) is 9.59. The first-order chi connectivity index (χ1) is 12.6. The summed E-state index contributed by atoms with van der Waals surface area (Å²) in [6.07, 6.45) is 4.93. The van der Waals surface area contributed by atoms with Crippen LogP contribution in [0.15, 0.2) is 42.7 Å². The highest BCUT2D eigenvalue weighted by atomic mass is 16.2. The van der Waals surface area contributed by atoms with Crippen LogP contribution < -0.4 is 0 Å². The standard InChI is InChI=1S/C22H29N3O/c1-4-18(3)20-5-7-21(8-6-20)22(26)25-11-9-24(10-12-25)16-19-13-17(2)14-23-15-19/h5-8,13-15,18H,4,9-12,16H2,1-3H3. The molecule has 3 rings (SSSR count). The van der Waals surface area contributed by atoms with E-state index in [4.69, 9.17) is 0 Å². The molecule has 2 heterocycles. The number of hydrogen-bond donors (Lipinski definition) is 0. The van der Waals surface area contributed by atoms with Crippen molar-refractivity contribution in [3.63, 3.8) is 0 Å². The van der Waals surface area contributed by atoms with Crippen LogP contribution >= 0.6 is 0 Å². The third-order valence-corrected chi connectivity index (χ3v) is 5.34. The number of amides is 1. The van der Waals surface area contributed by atoms with Crippen molar-refractivity contribution in [1.29, 1.82) is 0 Å². The zero-order valence-corrected chi connectivity index (χ0v) is 16.1. The maximum atomic E-state index is 12.8. The van der Waals surface area contributed by atoms with Gasteiger partial charge in [0, 0.05) is 50.7 Å². The number of aromatic nitrogens is 1. The first-order valence-electron chi connectivity index (χ1n) is 9.59. The van der Waals surface area contributed by atoms with Gasteiger partial charge >= 0.3 is 0 Å². The maximum Gasteiger partial charge on any atom is 0.253 e. The second-order valence-electron chi connectivity index (χ2n) is 7.37. The molecule has 1 aromatic heterocycles. The van der Waals surface area contributed by atoms with E-state index >= 15 is 0 Å². The van der Waals surface area contributed by atoms with E-state index in [1.165, 1.54) is 16.7 Å². The molecule has 4 nitrogen and oxygen atoms in total. The third-order valence-electron chi connectivity index (χ3n) is 5.34. The van der Waals surface area contributed by atoms with Crippen LogP contribution in [0.4, 0.5) is 0 Å². The number of rotatable bonds is 5. The Bertz CT molecular complexity index is 733. The Balaban J connectivity index is 1.55. The van der Waals surface area contributed by atoms with Crippen molar-refractivity contribution in [2.75, 3.05) is 26.2 Å². The smallest absolute Gasteiger partial charge is 0.253 e. The van der Waals surface area contributed by atoms with Crippen molar-refractivity contribution in [2.24, 2.45) is 0 Å². The molecule has 1 atom stereocenters. The van der Waals surface area contributed by atoms with Gasteiger partial charge in [0.2, 0.25) is 0 Å². The van der Waals surface area contributed by atoms with E-state index in [2.05, 4.69) is 48.9 Å². The van der Waals surface area contributed by atoms with Crippen molar-refractivity contribution < 1.29 is 4.79 Å². The van der Waals surface area contributed by atoms with Crippen molar-refractivity contribution in [1.82, 2.24) is 14.8 Å². The van der Waals surface area contributed by atoms with E-state index < -0.39 is 0 Å². The van der Waals surface area contributed by atoms with Gasteiger partial charge in [-0.1, -0.05) is 32.0 Å². The quantitative estimate of drug-likeness (QED) is 0.821. The summed E-state index contributed by atoms with van der Waals surface area (Å²) in [4.78, 5) is 21.4. The molecule has 1 amide bonds. The Morgan fingerprint density at radius 3 is 2.42 bits per heavy atom. The minimum atomic E-state index is 0.151. The molecule has 0 bridgehead atoms. The molecule has 2 aromatic rings. The molecule has 0 radical (unpaired) electrons. The number of aryl methyl sites for hydroxylation is 1. The van der Waals surface area contributed by atoms with Crippen LogP contribution in [0.5, 0.6) is 0 Å². The minimum absolute atomic E-state index is 0.151. The second-order valence-corrected chi connectivity index (χ2v) is 7.37. The van der Waals surface area contributed by atoms with Gasteiger partial charge in [0.25, 0.3) is 5.91 Å². The van der Waals surface area contributed by atoms with Crippen molar-refractivity contribution in [2.45, 2.75) is 39.7 Å². The zero-order valence-electron chi connectivity index (χ0n) is 16.1. The van der Waals surface area contributed by atoms with Gasteiger partial charge in [-0.2, -0.15) is 0 Å². The van der Waals surface area contributed by atoms with Crippen LogP contribution in [-0.4, -0.2) is 46.9 Å². The summed E-state index contributed by atoms with van der Waals surface area (Å²) < 4.78 is 0. The van der Waals surface area contributed by atoms with Gasteiger partial charge in [0.15, 0.2) is 0 Å². The molecule has 26 heavy (non-hydrogen) atoms. The van der Waals surface area contributed by atoms with Gasteiger partial charge in [-0.15, -0.1) is 0 Å². The van der Waals surface area contributed by atoms with E-state index in [-0.39, 0.29) is 5.91 Å². The fourth-order valence-corrected chi connectivity index (χ4v) is 3.44. The highest BCUT2D eigenvalue weighted by Crippen LogP contribution is 2.20. The largest absolute Gasteiger partial charge is 0.336 e. The van der Waals surface area contributed by atoms with Crippen molar-refractivity contribution in [3.8, 4) is 0 Å². The van der Waals surface area contributed by atoms with Gasteiger partial charge in [0.1, 0.15) is 0 Å². The van der Waals surface area contributed by atoms with Gasteiger partial charge in [0.05, 0.1) is 0 Å². The number of pyridine rings is 1. The van der Waals surface area contributed by atoms with Crippen LogP contribution in [0, 0.1) is 6.92 Å². The summed E-state index contributed by atoms with van der Waals surface area (Å²) >= 11 is 0. The molecule has 1 fully saturated rings. The number of benzene rings is 1. The van der Waals surface area contributed by atoms with Crippen LogP contribution in [0.3, 0.4) is 0 Å². The molecule has 1 aromatic carbocycles. The second kappa shape index (κ2) is 8.45. The van der Waals surface area contributed by atoms with E-state index in [1.807, 2.05) is 29.4 Å². The molecule has 0 spiro atoms. The molecule has 1 aliphatic heterocycles. The van der Waals surface area contributed by atoms with Crippen LogP contribution in [0.25, 0.3) is 0 Å². The molecule has 4 heteroatoms. The summed E-state index contributed by atoms with van der Waals surface area (Å²) in [7, 11) is 0. The number of hydrogen-bond acceptors (Lipinski definition) is 3. The molecule has 0 aliphatic carbocycles. The lowest BCUT2D eigenvalue weighted by atomic mass is 9.97. The van der Waals surface area contributed by atoms with Crippen LogP contribution in [0.1, 0.15) is 53.2 Å². The Labute approximate surface area is 156 Å². The fraction of sp³-hybridized carbons (Fsp3) is 0.455. The maximum absolute atomic E-state index is 12.8. The van der Waals surface area contributed by atoms with E-state index in [9.17, 15) is 4.79 Å². The number of carbonyl (C=O) groups is 1. The lowest BCUT2D eigenvalue weighted by molar-refractivity contribution is 0.0628. The first kappa shape index (κ1) is 18.6. The highest BCUT2D eigenvalue weighted by molar-refractivity contribution is 5.94. The van der Waals surface area contributed by atoms with E-state index in [1.54, 1.807) is 0 Å². The predicted octanol–water partition coefficient (Wildman–Crippen LogP) is 3.86. The normalized spacial score (nSPS) is 16.5. The number of carbonyl (C=O) groups excluding carboxylic acids is 1. The molecule has 1 saturated heterocycles. The van der Waals surface area contributed by atoms with Gasteiger partial charge in [-0.3, -0.25) is 14.7 Å². The lowest BCUT2D eigenvalue weighted by Gasteiger charge is -2.34. The molecule has 1 unspecified atom stereocenters. The SMILES string of the molecule is CCC(C)c1ccc(C(=O)N2CCN(Cc3cncc(C)c3)CC2)cc1. The number of nitrogens with zero attached hydrogens (tertiary/aromatic N) is 3. The minimum Gasteiger partial charge on any atom is -0.336 e. The number of piperazine rings is 1. The summed E-state index contributed by atoms with van der Waals surface area (Å²) in [5.74, 6) is 0.691. The summed E-state index contributed by atoms with van der Waals surface area (Å²) in [6, 6.07) is 10.3. The van der Waals surface area contributed by atoms with Crippen molar-refractivity contribution in [3.05, 3.63) is 65.0 Å². The monoisotopic (exact) mass is 351 g/mol. The average molecular weight is 351 g/mol.